The molecule has 1 aliphatic rings. The molecule has 0 spiro atoms. The van der Waals surface area contributed by atoms with E-state index in [1.807, 2.05) is 18.2 Å². The van der Waals surface area contributed by atoms with Crippen molar-refractivity contribution in [3.05, 3.63) is 65.5 Å². The fourth-order valence-electron chi connectivity index (χ4n) is 3.68. The summed E-state index contributed by atoms with van der Waals surface area (Å²) in [5, 5.41) is 4.15. The summed E-state index contributed by atoms with van der Waals surface area (Å²) < 4.78 is 11.3. The molecule has 1 fully saturated rings. The summed E-state index contributed by atoms with van der Waals surface area (Å²) in [6.45, 7) is 11.8. The van der Waals surface area contributed by atoms with Gasteiger partial charge < -0.3 is 9.26 Å². The summed E-state index contributed by atoms with van der Waals surface area (Å²) in [6, 6.07) is 16.6. The van der Waals surface area contributed by atoms with Gasteiger partial charge in [0.1, 0.15) is 5.75 Å². The van der Waals surface area contributed by atoms with Crippen molar-refractivity contribution < 1.29 is 9.26 Å². The average Bonchev–Trinajstić information content (AvgIpc) is 3.18. The summed E-state index contributed by atoms with van der Waals surface area (Å²) in [4.78, 5) is 9.44. The lowest BCUT2D eigenvalue weighted by molar-refractivity contribution is 0.112. The first kappa shape index (κ1) is 20.6. The highest BCUT2D eigenvalue weighted by molar-refractivity contribution is 5.54. The second-order valence-electron chi connectivity index (χ2n) is 8.24. The fourth-order valence-corrected chi connectivity index (χ4v) is 3.68. The largest absolute Gasteiger partial charge is 0.491 e. The minimum absolute atomic E-state index is 0.194. The van der Waals surface area contributed by atoms with Gasteiger partial charge in [0.2, 0.25) is 11.7 Å². The van der Waals surface area contributed by atoms with E-state index < -0.39 is 0 Å². The van der Waals surface area contributed by atoms with Gasteiger partial charge in [0.25, 0.3) is 0 Å². The molecule has 0 unspecified atom stereocenters. The third-order valence-corrected chi connectivity index (χ3v) is 5.28. The zero-order chi connectivity index (χ0) is 20.9. The molecule has 4 rings (SSSR count). The molecule has 0 saturated carbocycles. The SMILES string of the molecule is Cc1ccc(-c2noc(CN3CCN(Cc4cccc(OC(C)C)c4)CC3)n2)cc1. The minimum Gasteiger partial charge on any atom is -0.491 e. The zero-order valence-corrected chi connectivity index (χ0v) is 18.0. The van der Waals surface area contributed by atoms with Gasteiger partial charge in [-0.2, -0.15) is 4.98 Å². The predicted octanol–water partition coefficient (Wildman–Crippen LogP) is 4.15. The van der Waals surface area contributed by atoms with Crippen molar-refractivity contribution in [3.8, 4) is 17.1 Å². The van der Waals surface area contributed by atoms with Gasteiger partial charge in [0, 0.05) is 38.3 Å². The standard InChI is InChI=1S/C24H30N4O2/c1-18(2)29-22-6-4-5-20(15-22)16-27-11-13-28(14-12-27)17-23-25-24(26-30-23)21-9-7-19(3)8-10-21/h4-10,15,18H,11-14,16-17H2,1-3H3. The molecule has 2 aromatic carbocycles. The lowest BCUT2D eigenvalue weighted by atomic mass is 10.1. The number of aromatic nitrogens is 2. The van der Waals surface area contributed by atoms with Crippen LogP contribution in [0.15, 0.2) is 53.1 Å². The quantitative estimate of drug-likeness (QED) is 0.588. The lowest BCUT2D eigenvalue weighted by Gasteiger charge is -2.34. The van der Waals surface area contributed by atoms with E-state index in [2.05, 4.69) is 71.0 Å². The van der Waals surface area contributed by atoms with Crippen LogP contribution in [0.2, 0.25) is 0 Å². The maximum atomic E-state index is 5.82. The number of benzene rings is 2. The number of ether oxygens (including phenoxy) is 1. The molecule has 2 heterocycles. The Morgan fingerprint density at radius 1 is 0.967 bits per heavy atom. The van der Waals surface area contributed by atoms with Crippen LogP contribution < -0.4 is 4.74 Å². The molecule has 0 bridgehead atoms. The van der Waals surface area contributed by atoms with Crippen LogP contribution in [0.3, 0.4) is 0 Å². The Balaban J connectivity index is 1.27. The molecule has 30 heavy (non-hydrogen) atoms. The molecule has 0 N–H and O–H groups in total. The number of piperazine rings is 1. The number of hydrogen-bond acceptors (Lipinski definition) is 6. The van der Waals surface area contributed by atoms with Crippen LogP contribution in [0.1, 0.15) is 30.9 Å². The van der Waals surface area contributed by atoms with Crippen LogP contribution in [0, 0.1) is 6.92 Å². The van der Waals surface area contributed by atoms with Gasteiger partial charge in [-0.1, -0.05) is 47.1 Å². The Labute approximate surface area is 178 Å². The van der Waals surface area contributed by atoms with Crippen LogP contribution in [-0.2, 0) is 13.1 Å². The van der Waals surface area contributed by atoms with Crippen molar-refractivity contribution in [2.75, 3.05) is 26.2 Å². The van der Waals surface area contributed by atoms with E-state index in [1.165, 1.54) is 11.1 Å². The van der Waals surface area contributed by atoms with Crippen LogP contribution in [0.4, 0.5) is 0 Å². The molecule has 6 nitrogen and oxygen atoms in total. The second-order valence-corrected chi connectivity index (χ2v) is 8.24. The molecule has 1 aromatic heterocycles. The van der Waals surface area contributed by atoms with Gasteiger partial charge in [0.15, 0.2) is 0 Å². The molecule has 0 amide bonds. The molecular weight excluding hydrogens is 376 g/mol. The van der Waals surface area contributed by atoms with Crippen LogP contribution in [0.25, 0.3) is 11.4 Å². The number of hydrogen-bond donors (Lipinski definition) is 0. The van der Waals surface area contributed by atoms with Crippen molar-refractivity contribution in [1.82, 2.24) is 19.9 Å². The number of rotatable bonds is 7. The molecular formula is C24H30N4O2. The van der Waals surface area contributed by atoms with E-state index in [0.717, 1.165) is 44.0 Å². The second kappa shape index (κ2) is 9.41. The highest BCUT2D eigenvalue weighted by Crippen LogP contribution is 2.19. The maximum Gasteiger partial charge on any atom is 0.241 e. The Bertz CT molecular complexity index is 944. The smallest absolute Gasteiger partial charge is 0.241 e. The third kappa shape index (κ3) is 5.46. The Morgan fingerprint density at radius 2 is 1.67 bits per heavy atom. The van der Waals surface area contributed by atoms with Gasteiger partial charge in [0.05, 0.1) is 12.6 Å². The van der Waals surface area contributed by atoms with Crippen molar-refractivity contribution in [1.29, 1.82) is 0 Å². The van der Waals surface area contributed by atoms with Crippen molar-refractivity contribution in [2.24, 2.45) is 0 Å². The fraction of sp³-hybridized carbons (Fsp3) is 0.417. The van der Waals surface area contributed by atoms with Crippen molar-refractivity contribution in [3.63, 3.8) is 0 Å². The van der Waals surface area contributed by atoms with E-state index in [-0.39, 0.29) is 6.10 Å². The van der Waals surface area contributed by atoms with Crippen LogP contribution >= 0.6 is 0 Å². The molecule has 0 radical (unpaired) electrons. The van der Waals surface area contributed by atoms with Gasteiger partial charge in [-0.3, -0.25) is 9.80 Å². The predicted molar refractivity (Wildman–Crippen MR) is 117 cm³/mol. The highest BCUT2D eigenvalue weighted by Gasteiger charge is 2.20. The molecule has 1 aliphatic heterocycles. The van der Waals surface area contributed by atoms with E-state index in [9.17, 15) is 0 Å². The third-order valence-electron chi connectivity index (χ3n) is 5.28. The van der Waals surface area contributed by atoms with Crippen LogP contribution in [-0.4, -0.2) is 52.2 Å². The zero-order valence-electron chi connectivity index (χ0n) is 18.0. The van der Waals surface area contributed by atoms with Gasteiger partial charge in [-0.25, -0.2) is 0 Å². The van der Waals surface area contributed by atoms with E-state index in [4.69, 9.17) is 9.26 Å². The van der Waals surface area contributed by atoms with E-state index in [0.29, 0.717) is 18.3 Å². The van der Waals surface area contributed by atoms with Crippen molar-refractivity contribution >= 4 is 0 Å². The topological polar surface area (TPSA) is 54.6 Å². The summed E-state index contributed by atoms with van der Waals surface area (Å²) in [6.07, 6.45) is 0.194. The summed E-state index contributed by atoms with van der Waals surface area (Å²) in [5.41, 5.74) is 3.50. The summed E-state index contributed by atoms with van der Waals surface area (Å²) in [5.74, 6) is 2.28. The highest BCUT2D eigenvalue weighted by atomic mass is 16.5. The summed E-state index contributed by atoms with van der Waals surface area (Å²) >= 11 is 0. The van der Waals surface area contributed by atoms with E-state index in [1.54, 1.807) is 0 Å². The van der Waals surface area contributed by atoms with Gasteiger partial charge in [-0.05, 0) is 38.5 Å². The molecule has 158 valence electrons. The monoisotopic (exact) mass is 406 g/mol. The molecule has 0 atom stereocenters. The Kier molecular flexibility index (Phi) is 6.45. The number of aryl methyl sites for hydroxylation is 1. The Hall–Kier alpha value is -2.70. The average molecular weight is 407 g/mol. The van der Waals surface area contributed by atoms with Gasteiger partial charge in [-0.15, -0.1) is 0 Å². The maximum absolute atomic E-state index is 5.82. The van der Waals surface area contributed by atoms with Crippen LogP contribution in [0.5, 0.6) is 5.75 Å². The molecule has 0 aliphatic carbocycles. The first-order valence-corrected chi connectivity index (χ1v) is 10.6. The minimum atomic E-state index is 0.194. The lowest BCUT2D eigenvalue weighted by Crippen LogP contribution is -2.45. The normalized spacial score (nSPS) is 15.6. The Morgan fingerprint density at radius 3 is 2.37 bits per heavy atom. The molecule has 6 heteroatoms. The van der Waals surface area contributed by atoms with E-state index >= 15 is 0 Å². The molecule has 1 saturated heterocycles. The first-order chi connectivity index (χ1) is 14.5. The summed E-state index contributed by atoms with van der Waals surface area (Å²) in [7, 11) is 0. The van der Waals surface area contributed by atoms with Crippen molar-refractivity contribution in [2.45, 2.75) is 40.0 Å². The van der Waals surface area contributed by atoms with Gasteiger partial charge >= 0.3 is 0 Å². The first-order valence-electron chi connectivity index (χ1n) is 10.6. The molecule has 3 aromatic rings. The number of nitrogens with zero attached hydrogens (tertiary/aromatic N) is 4.